The molecule has 1 aromatic carbocycles. The lowest BCUT2D eigenvalue weighted by Gasteiger charge is -2.33. The van der Waals surface area contributed by atoms with Crippen molar-refractivity contribution < 1.29 is 9.21 Å². The van der Waals surface area contributed by atoms with Crippen LogP contribution in [-0.4, -0.2) is 55.2 Å². The predicted octanol–water partition coefficient (Wildman–Crippen LogP) is 4.17. The van der Waals surface area contributed by atoms with Gasteiger partial charge in [-0.05, 0) is 69.3 Å². The summed E-state index contributed by atoms with van der Waals surface area (Å²) in [5.41, 5.74) is 1.26. The van der Waals surface area contributed by atoms with Crippen molar-refractivity contribution in [1.82, 2.24) is 9.80 Å². The van der Waals surface area contributed by atoms with Crippen LogP contribution in [0.15, 0.2) is 46.9 Å². The van der Waals surface area contributed by atoms with Gasteiger partial charge in [0.05, 0.1) is 5.75 Å². The minimum atomic E-state index is 0.0252. The SMILES string of the molecule is CSCc1ccc(C(=O)N(CCc2ccccc2)CC2CCN(C)CC2)o1. The van der Waals surface area contributed by atoms with Crippen LogP contribution in [0, 0.1) is 5.92 Å². The normalized spacial score (nSPS) is 15.8. The van der Waals surface area contributed by atoms with Crippen LogP contribution in [-0.2, 0) is 12.2 Å². The number of furan rings is 1. The van der Waals surface area contributed by atoms with Crippen LogP contribution in [0.5, 0.6) is 0 Å². The van der Waals surface area contributed by atoms with E-state index in [1.54, 1.807) is 11.8 Å². The molecule has 1 aromatic heterocycles. The number of hydrogen-bond donors (Lipinski definition) is 0. The molecule has 0 unspecified atom stereocenters. The Bertz CT molecular complexity index is 708. The second-order valence-electron chi connectivity index (χ2n) is 7.43. The number of amides is 1. The third kappa shape index (κ3) is 5.88. The number of rotatable bonds is 8. The molecule has 2 heterocycles. The van der Waals surface area contributed by atoms with Crippen molar-refractivity contribution in [3.05, 3.63) is 59.5 Å². The number of hydrogen-bond acceptors (Lipinski definition) is 4. The molecule has 0 atom stereocenters. The van der Waals surface area contributed by atoms with Gasteiger partial charge >= 0.3 is 0 Å². The Labute approximate surface area is 166 Å². The molecule has 1 aliphatic heterocycles. The number of benzene rings is 1. The number of thioether (sulfide) groups is 1. The summed E-state index contributed by atoms with van der Waals surface area (Å²) in [6.45, 7) is 3.78. The first-order valence-electron chi connectivity index (χ1n) is 9.75. The zero-order chi connectivity index (χ0) is 19.1. The van der Waals surface area contributed by atoms with E-state index in [9.17, 15) is 4.79 Å². The van der Waals surface area contributed by atoms with Gasteiger partial charge in [0.25, 0.3) is 5.91 Å². The van der Waals surface area contributed by atoms with Crippen molar-refractivity contribution in [3.8, 4) is 0 Å². The molecule has 146 valence electrons. The molecule has 0 spiro atoms. The average molecular weight is 387 g/mol. The molecule has 1 fully saturated rings. The highest BCUT2D eigenvalue weighted by Gasteiger charge is 2.25. The maximum atomic E-state index is 13.1. The van der Waals surface area contributed by atoms with Gasteiger partial charge in [-0.1, -0.05) is 30.3 Å². The van der Waals surface area contributed by atoms with Crippen LogP contribution < -0.4 is 0 Å². The number of piperidine rings is 1. The smallest absolute Gasteiger partial charge is 0.289 e. The van der Waals surface area contributed by atoms with Crippen LogP contribution in [0.2, 0.25) is 0 Å². The summed E-state index contributed by atoms with van der Waals surface area (Å²) >= 11 is 1.70. The third-order valence-corrected chi connectivity index (χ3v) is 5.85. The highest BCUT2D eigenvalue weighted by atomic mass is 32.2. The van der Waals surface area contributed by atoms with Crippen molar-refractivity contribution in [1.29, 1.82) is 0 Å². The summed E-state index contributed by atoms with van der Waals surface area (Å²) in [5.74, 6) is 2.73. The van der Waals surface area contributed by atoms with Gasteiger partial charge in [-0.25, -0.2) is 0 Å². The maximum Gasteiger partial charge on any atom is 0.289 e. The fourth-order valence-corrected chi connectivity index (χ4v) is 4.05. The predicted molar refractivity (Wildman–Crippen MR) is 112 cm³/mol. The Kier molecular flexibility index (Phi) is 7.41. The summed E-state index contributed by atoms with van der Waals surface area (Å²) < 4.78 is 5.80. The summed E-state index contributed by atoms with van der Waals surface area (Å²) in [6, 6.07) is 14.1. The molecule has 1 amide bonds. The first-order valence-corrected chi connectivity index (χ1v) is 11.1. The van der Waals surface area contributed by atoms with Crippen LogP contribution >= 0.6 is 11.8 Å². The van der Waals surface area contributed by atoms with E-state index in [-0.39, 0.29) is 5.91 Å². The minimum absolute atomic E-state index is 0.0252. The van der Waals surface area contributed by atoms with Gasteiger partial charge < -0.3 is 14.2 Å². The molecule has 0 aliphatic carbocycles. The van der Waals surface area contributed by atoms with E-state index in [2.05, 4.69) is 36.2 Å². The Morgan fingerprint density at radius 1 is 1.19 bits per heavy atom. The second-order valence-corrected chi connectivity index (χ2v) is 8.30. The zero-order valence-corrected chi connectivity index (χ0v) is 17.2. The fourth-order valence-electron chi connectivity index (χ4n) is 3.61. The molecule has 0 saturated carbocycles. The zero-order valence-electron chi connectivity index (χ0n) is 16.4. The molecular formula is C22H30N2O2S. The molecular weight excluding hydrogens is 356 g/mol. The summed E-state index contributed by atoms with van der Waals surface area (Å²) in [7, 11) is 2.17. The first-order chi connectivity index (χ1) is 13.2. The van der Waals surface area contributed by atoms with Gasteiger partial charge in [0, 0.05) is 13.1 Å². The monoisotopic (exact) mass is 386 g/mol. The van der Waals surface area contributed by atoms with Gasteiger partial charge in [0.2, 0.25) is 0 Å². The van der Waals surface area contributed by atoms with E-state index in [1.807, 2.05) is 29.4 Å². The molecule has 0 radical (unpaired) electrons. The van der Waals surface area contributed by atoms with E-state index in [0.717, 1.165) is 57.0 Å². The van der Waals surface area contributed by atoms with Gasteiger partial charge in [0.15, 0.2) is 5.76 Å². The minimum Gasteiger partial charge on any atom is -0.455 e. The molecule has 1 saturated heterocycles. The third-order valence-electron chi connectivity index (χ3n) is 5.28. The van der Waals surface area contributed by atoms with Crippen molar-refractivity contribution in [2.24, 2.45) is 5.92 Å². The Morgan fingerprint density at radius 3 is 2.63 bits per heavy atom. The summed E-state index contributed by atoms with van der Waals surface area (Å²) in [6.07, 6.45) is 5.22. The van der Waals surface area contributed by atoms with Crippen LogP contribution in [0.1, 0.15) is 34.7 Å². The van der Waals surface area contributed by atoms with Gasteiger partial charge in [-0.3, -0.25) is 4.79 Å². The summed E-state index contributed by atoms with van der Waals surface area (Å²) in [5, 5.41) is 0. The fraction of sp³-hybridized carbons (Fsp3) is 0.500. The van der Waals surface area contributed by atoms with Crippen LogP contribution in [0.3, 0.4) is 0 Å². The van der Waals surface area contributed by atoms with Crippen LogP contribution in [0.4, 0.5) is 0 Å². The molecule has 0 N–H and O–H groups in total. The Morgan fingerprint density at radius 2 is 1.93 bits per heavy atom. The quantitative estimate of drug-likeness (QED) is 0.682. The molecule has 4 nitrogen and oxygen atoms in total. The van der Waals surface area contributed by atoms with Crippen molar-refractivity contribution in [3.63, 3.8) is 0 Å². The molecule has 0 bridgehead atoms. The number of nitrogens with zero attached hydrogens (tertiary/aromatic N) is 2. The van der Waals surface area contributed by atoms with Crippen molar-refractivity contribution in [2.45, 2.75) is 25.0 Å². The maximum absolute atomic E-state index is 13.1. The largest absolute Gasteiger partial charge is 0.455 e. The number of carbonyl (C=O) groups is 1. The highest BCUT2D eigenvalue weighted by molar-refractivity contribution is 7.97. The average Bonchev–Trinajstić information content (AvgIpc) is 3.16. The van der Waals surface area contributed by atoms with Gasteiger partial charge in [-0.15, -0.1) is 0 Å². The van der Waals surface area contributed by atoms with Crippen LogP contribution in [0.25, 0.3) is 0 Å². The second kappa shape index (κ2) is 10.00. The molecule has 3 rings (SSSR count). The molecule has 5 heteroatoms. The first kappa shape index (κ1) is 20.0. The summed E-state index contributed by atoms with van der Waals surface area (Å²) in [4.78, 5) is 17.5. The number of likely N-dealkylation sites (tertiary alicyclic amines) is 1. The Balaban J connectivity index is 1.68. The standard InChI is InChI=1S/C22H30N2O2S/c1-23-13-10-19(11-14-23)16-24(15-12-18-6-4-3-5-7-18)22(25)21-9-8-20(26-21)17-27-2/h3-9,19H,10-17H2,1-2H3. The van der Waals surface area contributed by atoms with E-state index in [4.69, 9.17) is 4.42 Å². The lowest BCUT2D eigenvalue weighted by Crippen LogP contribution is -2.40. The topological polar surface area (TPSA) is 36.7 Å². The molecule has 1 aliphatic rings. The van der Waals surface area contributed by atoms with Gasteiger partial charge in [-0.2, -0.15) is 11.8 Å². The Hall–Kier alpha value is -1.72. The van der Waals surface area contributed by atoms with E-state index >= 15 is 0 Å². The van der Waals surface area contributed by atoms with Crippen molar-refractivity contribution in [2.75, 3.05) is 39.5 Å². The van der Waals surface area contributed by atoms with Gasteiger partial charge in [0.1, 0.15) is 5.76 Å². The lowest BCUT2D eigenvalue weighted by molar-refractivity contribution is 0.0667. The molecule has 2 aromatic rings. The number of carbonyl (C=O) groups excluding carboxylic acids is 1. The molecule has 27 heavy (non-hydrogen) atoms. The lowest BCUT2D eigenvalue weighted by atomic mass is 9.96. The van der Waals surface area contributed by atoms with Crippen molar-refractivity contribution >= 4 is 17.7 Å². The highest BCUT2D eigenvalue weighted by Crippen LogP contribution is 2.20. The van der Waals surface area contributed by atoms with E-state index in [0.29, 0.717) is 11.7 Å². The van der Waals surface area contributed by atoms with E-state index in [1.165, 1.54) is 5.56 Å². The van der Waals surface area contributed by atoms with E-state index < -0.39 is 0 Å².